The summed E-state index contributed by atoms with van der Waals surface area (Å²) in [6.07, 6.45) is -0.677. The molecule has 6 atom stereocenters. The fraction of sp³-hybridized carbons (Fsp3) is 0.242. The van der Waals surface area contributed by atoms with Crippen molar-refractivity contribution in [2.45, 2.75) is 76.9 Å². The molecule has 2 heterocycles. The van der Waals surface area contributed by atoms with E-state index in [4.69, 9.17) is 42.6 Å². The van der Waals surface area contributed by atoms with Crippen LogP contribution in [0.2, 0.25) is 0 Å². The van der Waals surface area contributed by atoms with Gasteiger partial charge in [-0.05, 0) is 124 Å². The Morgan fingerprint density at radius 1 is 0.476 bits per heavy atom. The smallest absolute Gasteiger partial charge is 0.313 e. The van der Waals surface area contributed by atoms with Gasteiger partial charge in [-0.25, -0.2) is 0 Å². The molecule has 0 saturated carbocycles. The first kappa shape index (κ1) is 57.2. The van der Waals surface area contributed by atoms with Crippen molar-refractivity contribution in [3.63, 3.8) is 0 Å². The molecule has 8 aromatic rings. The second-order valence-corrected chi connectivity index (χ2v) is 20.0. The number of Topliss-reactive ketones (excluding diaryl/α,β-unsaturated/α-hetero) is 1. The number of ketones is 1. The molecule has 0 fully saturated rings. The average Bonchev–Trinajstić information content (AvgIpc) is 2.08. The van der Waals surface area contributed by atoms with Crippen molar-refractivity contribution in [3.8, 4) is 46.0 Å². The van der Waals surface area contributed by atoms with Gasteiger partial charge in [-0.15, -0.1) is 0 Å². The van der Waals surface area contributed by atoms with E-state index in [-0.39, 0.29) is 42.2 Å². The number of rotatable bonds is 14. The van der Waals surface area contributed by atoms with Gasteiger partial charge in [-0.2, -0.15) is 0 Å². The zero-order valence-electron chi connectivity index (χ0n) is 46.4. The van der Waals surface area contributed by atoms with Crippen LogP contribution in [0.3, 0.4) is 0 Å². The highest BCUT2D eigenvalue weighted by Gasteiger charge is 2.52. The van der Waals surface area contributed by atoms with Crippen molar-refractivity contribution < 1.29 is 76.5 Å². The van der Waals surface area contributed by atoms with Crippen LogP contribution >= 0.6 is 0 Å². The first-order valence-electron chi connectivity index (χ1n) is 26.4. The van der Waals surface area contributed by atoms with E-state index in [9.17, 15) is 33.9 Å². The molecule has 1 N–H and O–H groups in total. The van der Waals surface area contributed by atoms with Crippen LogP contribution in [0.15, 0.2) is 158 Å². The van der Waals surface area contributed by atoms with Crippen LogP contribution in [0.5, 0.6) is 46.0 Å². The summed E-state index contributed by atoms with van der Waals surface area (Å²) < 4.78 is 49.7. The number of esters is 5. The Kier molecular flexibility index (Phi) is 17.0. The molecule has 6 unspecified atom stereocenters. The Morgan fingerprint density at radius 2 is 0.902 bits per heavy atom. The topological polar surface area (TPSA) is 206 Å². The molecule has 16 nitrogen and oxygen atoms in total. The highest BCUT2D eigenvalue weighted by Crippen LogP contribution is 2.50. The molecule has 82 heavy (non-hydrogen) atoms. The minimum absolute atomic E-state index is 0.0179. The average molecular weight is 1110 g/mol. The Bertz CT molecular complexity index is 3740. The van der Waals surface area contributed by atoms with Gasteiger partial charge in [-0.1, -0.05) is 79.7 Å². The normalized spacial score (nSPS) is 17.5. The standard InChI is InChI=1S/2C33H30O8/c1-19(23-5-6-25-16-27(37-4)12-9-24(25)15-23)33(36)41-32-29-14-13-28(40-21(3)35)17-31(29)38-18-30(32)22-7-10-26(11-8-22)39-20(2)34;1-19(23-5-6-25-16-27(38-4)12-9-24(25)15-23)32(36)33(37)29-14-13-28(41-21(3)35)17-31(29)39-18-30(33)22-7-10-26(11-8-22)40-20(2)34/h5-17,19,30,32H,18H2,1-4H3;5-17,19,30,37H,18H2,1-4H3. The third-order valence-electron chi connectivity index (χ3n) is 14.5. The fourth-order valence-corrected chi connectivity index (χ4v) is 10.3. The Balaban J connectivity index is 0.000000198. The van der Waals surface area contributed by atoms with Crippen molar-refractivity contribution >= 4 is 57.2 Å². The Hall–Kier alpha value is -9.54. The monoisotopic (exact) mass is 1110 g/mol. The lowest BCUT2D eigenvalue weighted by Crippen LogP contribution is -2.48. The fourth-order valence-electron chi connectivity index (χ4n) is 10.3. The van der Waals surface area contributed by atoms with Crippen LogP contribution in [-0.4, -0.2) is 68.2 Å². The van der Waals surface area contributed by atoms with Gasteiger partial charge in [0.15, 0.2) is 11.4 Å². The molecule has 2 aliphatic heterocycles. The van der Waals surface area contributed by atoms with E-state index >= 15 is 0 Å². The predicted octanol–water partition coefficient (Wildman–Crippen LogP) is 11.7. The summed E-state index contributed by atoms with van der Waals surface area (Å²) >= 11 is 0. The van der Waals surface area contributed by atoms with Crippen LogP contribution in [0, 0.1) is 0 Å². The minimum Gasteiger partial charge on any atom is -0.497 e. The number of carbonyl (C=O) groups is 6. The second-order valence-electron chi connectivity index (χ2n) is 20.0. The number of carbonyl (C=O) groups excluding carboxylic acids is 6. The molecule has 0 amide bonds. The Labute approximate surface area is 473 Å². The molecule has 2 aliphatic rings. The SMILES string of the molecule is COc1ccc2cc(C(C)C(=O)C3(O)c4ccc(OC(C)=O)cc4OCC3c3ccc(OC(C)=O)cc3)ccc2c1.COc1ccc2cc(C(C)C(=O)OC3c4ccc(OC(C)=O)cc4OCC3c3ccc(OC(C)=O)cc3)ccc2c1. The maximum absolute atomic E-state index is 14.4. The molecule has 420 valence electrons. The summed E-state index contributed by atoms with van der Waals surface area (Å²) in [7, 11) is 3.24. The molecule has 0 radical (unpaired) electrons. The van der Waals surface area contributed by atoms with E-state index in [1.165, 1.54) is 39.8 Å². The lowest BCUT2D eigenvalue weighted by molar-refractivity contribution is -0.153. The molecule has 10 rings (SSSR count). The third kappa shape index (κ3) is 12.6. The Morgan fingerprint density at radius 3 is 1.43 bits per heavy atom. The minimum atomic E-state index is -1.99. The third-order valence-corrected chi connectivity index (χ3v) is 14.5. The molecule has 8 aromatic carbocycles. The summed E-state index contributed by atoms with van der Waals surface area (Å²) in [6, 6.07) is 46.4. The second kappa shape index (κ2) is 24.4. The van der Waals surface area contributed by atoms with Gasteiger partial charge in [0.05, 0.1) is 45.2 Å². The van der Waals surface area contributed by atoms with Gasteiger partial charge in [0.1, 0.15) is 52.1 Å². The van der Waals surface area contributed by atoms with Gasteiger partial charge in [0.2, 0.25) is 0 Å². The van der Waals surface area contributed by atoms with Gasteiger partial charge in [-0.3, -0.25) is 28.8 Å². The van der Waals surface area contributed by atoms with Gasteiger partial charge < -0.3 is 47.7 Å². The van der Waals surface area contributed by atoms with E-state index in [0.717, 1.165) is 49.7 Å². The van der Waals surface area contributed by atoms with Crippen molar-refractivity contribution in [3.05, 3.63) is 191 Å². The molecule has 0 aromatic heterocycles. The number of methoxy groups -OCH3 is 2. The van der Waals surface area contributed by atoms with Crippen LogP contribution in [0.4, 0.5) is 0 Å². The van der Waals surface area contributed by atoms with Gasteiger partial charge in [0.25, 0.3) is 0 Å². The van der Waals surface area contributed by atoms with Crippen LogP contribution in [-0.2, 0) is 39.1 Å². The maximum Gasteiger partial charge on any atom is 0.313 e. The molecule has 0 bridgehead atoms. The summed E-state index contributed by atoms with van der Waals surface area (Å²) in [5, 5.41) is 16.4. The number of aliphatic hydroxyl groups is 1. The zero-order valence-corrected chi connectivity index (χ0v) is 46.4. The molecular weight excluding hydrogens is 1050 g/mol. The molecule has 0 aliphatic carbocycles. The van der Waals surface area contributed by atoms with E-state index < -0.39 is 59.1 Å². The summed E-state index contributed by atoms with van der Waals surface area (Å²) in [5.41, 5.74) is 2.00. The van der Waals surface area contributed by atoms with E-state index in [1.54, 1.807) is 81.8 Å². The molecule has 16 heteroatoms. The van der Waals surface area contributed by atoms with Crippen molar-refractivity contribution in [2.75, 3.05) is 27.4 Å². The first-order chi connectivity index (χ1) is 39.3. The summed E-state index contributed by atoms with van der Waals surface area (Å²) in [6.45, 7) is 9.05. The van der Waals surface area contributed by atoms with E-state index in [2.05, 4.69) is 0 Å². The number of hydrogen-bond acceptors (Lipinski definition) is 16. The first-order valence-corrected chi connectivity index (χ1v) is 26.4. The van der Waals surface area contributed by atoms with Crippen LogP contribution < -0.4 is 37.9 Å². The number of fused-ring (bicyclic) bond motifs is 4. The van der Waals surface area contributed by atoms with Crippen molar-refractivity contribution in [1.82, 2.24) is 0 Å². The van der Waals surface area contributed by atoms with E-state index in [1.807, 2.05) is 91.9 Å². The van der Waals surface area contributed by atoms with Crippen LogP contribution in [0.25, 0.3) is 21.5 Å². The zero-order chi connectivity index (χ0) is 58.4. The number of ether oxygens (including phenoxy) is 9. The highest BCUT2D eigenvalue weighted by atomic mass is 16.6. The largest absolute Gasteiger partial charge is 0.497 e. The lowest BCUT2D eigenvalue weighted by atomic mass is 9.69. The summed E-state index contributed by atoms with van der Waals surface area (Å²) in [5.74, 6) is -1.38. The summed E-state index contributed by atoms with van der Waals surface area (Å²) in [4.78, 5) is 73.7. The van der Waals surface area contributed by atoms with E-state index in [0.29, 0.717) is 34.1 Å². The maximum atomic E-state index is 14.4. The van der Waals surface area contributed by atoms with Crippen molar-refractivity contribution in [2.24, 2.45) is 0 Å². The van der Waals surface area contributed by atoms with Crippen molar-refractivity contribution in [1.29, 1.82) is 0 Å². The molecular formula is C66H60O16. The van der Waals surface area contributed by atoms with Gasteiger partial charge >= 0.3 is 29.8 Å². The van der Waals surface area contributed by atoms with Gasteiger partial charge in [0, 0.05) is 56.9 Å². The van der Waals surface area contributed by atoms with Crippen LogP contribution in [0.1, 0.15) is 105 Å². The lowest BCUT2D eigenvalue weighted by Gasteiger charge is -2.41. The predicted molar refractivity (Wildman–Crippen MR) is 303 cm³/mol. The number of benzene rings is 8. The molecule has 0 spiro atoms. The molecule has 0 saturated heterocycles. The number of hydrogen-bond donors (Lipinski definition) is 1. The highest BCUT2D eigenvalue weighted by molar-refractivity contribution is 5.97. The quantitative estimate of drug-likeness (QED) is 0.0794.